The van der Waals surface area contributed by atoms with Crippen molar-refractivity contribution in [2.24, 2.45) is 11.0 Å². The molecule has 208 valence electrons. The van der Waals surface area contributed by atoms with E-state index < -0.39 is 21.9 Å². The Bertz CT molecular complexity index is 1330. The average molecular weight is 573 g/mol. The van der Waals surface area contributed by atoms with Crippen LogP contribution in [0.15, 0.2) is 70.2 Å². The highest BCUT2D eigenvalue weighted by molar-refractivity contribution is 7.85. The van der Waals surface area contributed by atoms with Gasteiger partial charge in [0.2, 0.25) is 11.8 Å². The summed E-state index contributed by atoms with van der Waals surface area (Å²) < 4.78 is 31.6. The zero-order valence-corrected chi connectivity index (χ0v) is 23.7. The monoisotopic (exact) mass is 572 g/mol. The summed E-state index contributed by atoms with van der Waals surface area (Å²) in [5.74, 6) is -2.05. The smallest absolute Gasteiger partial charge is 0.288 e. The third-order valence-electron chi connectivity index (χ3n) is 6.23. The van der Waals surface area contributed by atoms with Crippen molar-refractivity contribution in [2.75, 3.05) is 18.1 Å². The molecule has 39 heavy (non-hydrogen) atoms. The molecule has 1 aromatic carbocycles. The Labute approximate surface area is 234 Å². The first kappa shape index (κ1) is 30.1. The number of nitrogens with zero attached hydrogens (tertiary/aromatic N) is 4. The zero-order valence-electron chi connectivity index (χ0n) is 22.1. The Hall–Kier alpha value is -3.48. The van der Waals surface area contributed by atoms with Gasteiger partial charge < -0.3 is 0 Å². The summed E-state index contributed by atoms with van der Waals surface area (Å²) in [6, 6.07) is 5.11. The van der Waals surface area contributed by atoms with Gasteiger partial charge in [0.1, 0.15) is 5.92 Å². The molecule has 1 N–H and O–H groups in total. The Kier molecular flexibility index (Phi) is 10.1. The lowest BCUT2D eigenvalue weighted by molar-refractivity contribution is -0.144. The average Bonchev–Trinajstić information content (AvgIpc) is 3.18. The number of hydrogen-bond donors (Lipinski definition) is 1. The number of unbranched alkanes of at least 4 members (excludes halogenated alkanes) is 2. The normalized spacial score (nSPS) is 18.5. The van der Waals surface area contributed by atoms with Crippen molar-refractivity contribution < 1.29 is 27.4 Å². The van der Waals surface area contributed by atoms with E-state index in [0.717, 1.165) is 30.7 Å². The minimum atomic E-state index is -4.35. The Morgan fingerprint density at radius 2 is 1.51 bits per heavy atom. The first-order valence-corrected chi connectivity index (χ1v) is 14.6. The van der Waals surface area contributed by atoms with E-state index in [-0.39, 0.29) is 21.8 Å². The van der Waals surface area contributed by atoms with Crippen molar-refractivity contribution in [3.63, 3.8) is 0 Å². The number of benzene rings is 1. The summed E-state index contributed by atoms with van der Waals surface area (Å²) in [5.41, 5.74) is 1.12. The highest BCUT2D eigenvalue weighted by Gasteiger charge is 2.41. The molecule has 10 nitrogen and oxygen atoms in total. The number of hydrogen-bond acceptors (Lipinski definition) is 7. The van der Waals surface area contributed by atoms with Crippen LogP contribution >= 0.6 is 12.2 Å². The second kappa shape index (κ2) is 13.0. The summed E-state index contributed by atoms with van der Waals surface area (Å²) in [7, 11) is -4.35. The Morgan fingerprint density at radius 3 is 2.03 bits per heavy atom. The largest absolute Gasteiger partial charge is 0.294 e. The van der Waals surface area contributed by atoms with E-state index in [2.05, 4.69) is 5.10 Å². The fraction of sp³-hybridized carbons (Fsp3) is 0.370. The van der Waals surface area contributed by atoms with Crippen LogP contribution in [-0.2, 0) is 24.5 Å². The number of anilines is 1. The van der Waals surface area contributed by atoms with Crippen molar-refractivity contribution in [2.45, 2.75) is 51.3 Å². The van der Waals surface area contributed by atoms with Crippen LogP contribution in [0.2, 0.25) is 0 Å². The van der Waals surface area contributed by atoms with Gasteiger partial charge in [0.05, 0.1) is 21.9 Å². The maximum atomic E-state index is 13.1. The lowest BCUT2D eigenvalue weighted by Gasteiger charge is -2.38. The summed E-state index contributed by atoms with van der Waals surface area (Å²) >= 11 is 5.47. The lowest BCUT2D eigenvalue weighted by Crippen LogP contribution is -2.59. The SMILES string of the molecule is CCCCN1C(=O)C(C=CC=CC=C2C(=O)N(c3ccc(S(=O)(=O)O)cc3)N=C2C)C(=O)N(CCCC)C1=S. The van der Waals surface area contributed by atoms with Gasteiger partial charge in [0, 0.05) is 13.1 Å². The second-order valence-corrected chi connectivity index (χ2v) is 10.9. The van der Waals surface area contributed by atoms with Gasteiger partial charge in [-0.2, -0.15) is 18.5 Å². The van der Waals surface area contributed by atoms with Gasteiger partial charge in [-0.15, -0.1) is 0 Å². The number of carbonyl (C=O) groups is 3. The van der Waals surface area contributed by atoms with Crippen LogP contribution in [0.4, 0.5) is 5.69 Å². The van der Waals surface area contributed by atoms with Gasteiger partial charge in [0.25, 0.3) is 16.0 Å². The van der Waals surface area contributed by atoms with Crippen LogP contribution < -0.4 is 5.01 Å². The van der Waals surface area contributed by atoms with Gasteiger partial charge in [-0.05, 0) is 62.3 Å². The molecule has 0 aliphatic carbocycles. The molecule has 0 radical (unpaired) electrons. The summed E-state index contributed by atoms with van der Waals surface area (Å²) in [6.45, 7) is 6.64. The van der Waals surface area contributed by atoms with E-state index in [0.29, 0.717) is 30.1 Å². The quantitative estimate of drug-likeness (QED) is 0.140. The molecule has 12 heteroatoms. The van der Waals surface area contributed by atoms with Crippen molar-refractivity contribution in [3.8, 4) is 0 Å². The van der Waals surface area contributed by atoms with E-state index in [9.17, 15) is 22.8 Å². The van der Waals surface area contributed by atoms with Gasteiger partial charge in [-0.1, -0.05) is 51.0 Å². The molecular formula is C27H32N4O6S2. The number of allylic oxidation sites excluding steroid dienone is 4. The Morgan fingerprint density at radius 1 is 0.949 bits per heavy atom. The van der Waals surface area contributed by atoms with Crippen molar-refractivity contribution in [3.05, 3.63) is 60.2 Å². The third kappa shape index (κ3) is 6.94. The molecule has 1 aromatic rings. The van der Waals surface area contributed by atoms with E-state index in [1.807, 2.05) is 13.8 Å². The predicted octanol–water partition coefficient (Wildman–Crippen LogP) is 3.87. The van der Waals surface area contributed by atoms with Crippen LogP contribution in [0.3, 0.4) is 0 Å². The fourth-order valence-corrected chi connectivity index (χ4v) is 4.86. The third-order valence-corrected chi connectivity index (χ3v) is 7.54. The molecule has 0 spiro atoms. The first-order valence-electron chi connectivity index (χ1n) is 12.7. The maximum Gasteiger partial charge on any atom is 0.294 e. The van der Waals surface area contributed by atoms with Gasteiger partial charge >= 0.3 is 0 Å². The molecular weight excluding hydrogens is 540 g/mol. The topological polar surface area (TPSA) is 128 Å². The van der Waals surface area contributed by atoms with Crippen LogP contribution in [0, 0.1) is 5.92 Å². The molecule has 2 aliphatic heterocycles. The number of rotatable bonds is 11. The summed E-state index contributed by atoms with van der Waals surface area (Å²) in [4.78, 5) is 41.8. The number of thiocarbonyl (C=S) groups is 1. The number of amides is 3. The van der Waals surface area contributed by atoms with E-state index >= 15 is 0 Å². The fourth-order valence-electron chi connectivity index (χ4n) is 4.02. The molecule has 0 bridgehead atoms. The van der Waals surface area contributed by atoms with Crippen LogP contribution in [0.1, 0.15) is 46.5 Å². The molecule has 0 unspecified atom stereocenters. The summed E-state index contributed by atoms with van der Waals surface area (Å²) in [6.07, 6.45) is 11.3. The Balaban J connectivity index is 1.73. The molecule has 2 heterocycles. The van der Waals surface area contributed by atoms with Crippen LogP contribution in [-0.4, -0.2) is 64.4 Å². The minimum absolute atomic E-state index is 0.267. The molecule has 3 rings (SSSR count). The van der Waals surface area contributed by atoms with Crippen molar-refractivity contribution >= 4 is 56.6 Å². The van der Waals surface area contributed by atoms with E-state index in [4.69, 9.17) is 16.8 Å². The lowest BCUT2D eigenvalue weighted by atomic mass is 10.0. The minimum Gasteiger partial charge on any atom is -0.288 e. The predicted molar refractivity (Wildman–Crippen MR) is 153 cm³/mol. The standard InChI is InChI=1S/C27H32N4O6S2/c1-4-6-17-29-24(32)23(25(33)30(27(29)38)18-7-5-2)12-10-8-9-11-22-19(3)28-31(26(22)34)20-13-15-21(16-14-20)39(35,36)37/h8-16,23H,4-7,17-18H2,1-3H3,(H,35,36,37). The highest BCUT2D eigenvalue weighted by atomic mass is 32.2. The van der Waals surface area contributed by atoms with Gasteiger partial charge in [-0.3, -0.25) is 28.7 Å². The highest BCUT2D eigenvalue weighted by Crippen LogP contribution is 2.25. The first-order chi connectivity index (χ1) is 18.5. The maximum absolute atomic E-state index is 13.1. The van der Waals surface area contributed by atoms with Crippen LogP contribution in [0.5, 0.6) is 0 Å². The summed E-state index contributed by atoms with van der Waals surface area (Å²) in [5, 5.41) is 5.64. The molecule has 0 atom stereocenters. The molecule has 1 fully saturated rings. The molecule has 3 amide bonds. The number of carbonyl (C=O) groups excluding carboxylic acids is 3. The van der Waals surface area contributed by atoms with Gasteiger partial charge in [0.15, 0.2) is 5.11 Å². The number of hydrazone groups is 1. The van der Waals surface area contributed by atoms with Crippen LogP contribution in [0.25, 0.3) is 0 Å². The zero-order chi connectivity index (χ0) is 28.7. The van der Waals surface area contributed by atoms with Gasteiger partial charge in [-0.25, -0.2) is 0 Å². The van der Waals surface area contributed by atoms with Crippen molar-refractivity contribution in [1.29, 1.82) is 0 Å². The van der Waals surface area contributed by atoms with E-state index in [1.165, 1.54) is 34.1 Å². The van der Waals surface area contributed by atoms with Crippen molar-refractivity contribution in [1.82, 2.24) is 9.80 Å². The molecule has 0 saturated carbocycles. The molecule has 0 aromatic heterocycles. The molecule has 1 saturated heterocycles. The molecule has 2 aliphatic rings. The second-order valence-electron chi connectivity index (χ2n) is 9.07. The van der Waals surface area contributed by atoms with E-state index in [1.54, 1.807) is 37.3 Å².